The molecule has 4 aromatic rings. The highest BCUT2D eigenvalue weighted by molar-refractivity contribution is 7.31. The van der Waals surface area contributed by atoms with Crippen LogP contribution in [-0.4, -0.2) is 12.4 Å². The van der Waals surface area contributed by atoms with Gasteiger partial charge >= 0.3 is 0 Å². The van der Waals surface area contributed by atoms with E-state index in [0.29, 0.717) is 0 Å². The first-order valence-corrected chi connectivity index (χ1v) is 13.3. The Kier molecular flexibility index (Phi) is 7.08. The number of hydrogen-bond donors (Lipinski definition) is 0. The fourth-order valence-corrected chi connectivity index (χ4v) is 6.78. The predicted octanol–water partition coefficient (Wildman–Crippen LogP) is 9.02. The van der Waals surface area contributed by atoms with Gasteiger partial charge in [-0.3, -0.25) is 0 Å². The first-order chi connectivity index (χ1) is 14.2. The Bertz CT molecular complexity index is 1090. The Morgan fingerprint density at radius 1 is 0.828 bits per heavy atom. The largest absolute Gasteiger partial charge is 0.244 e. The maximum atomic E-state index is 4.76. The molecule has 0 bridgehead atoms. The lowest BCUT2D eigenvalue weighted by Crippen LogP contribution is -1.88. The van der Waals surface area contributed by atoms with E-state index in [4.69, 9.17) is 4.99 Å². The molecule has 0 amide bonds. The molecule has 0 atom stereocenters. The predicted molar refractivity (Wildman–Crippen MR) is 135 cm³/mol. The number of hydrogen-bond acceptors (Lipinski definition) is 6. The van der Waals surface area contributed by atoms with E-state index in [-0.39, 0.29) is 0 Å². The molecule has 4 aromatic heterocycles. The van der Waals surface area contributed by atoms with Crippen LogP contribution in [0.25, 0.3) is 9.40 Å². The van der Waals surface area contributed by atoms with Crippen LogP contribution in [0.1, 0.15) is 53.5 Å². The second kappa shape index (κ2) is 9.94. The van der Waals surface area contributed by atoms with E-state index in [1.54, 1.807) is 45.3 Å². The van der Waals surface area contributed by atoms with E-state index in [9.17, 15) is 0 Å². The number of nitrogens with zero attached hydrogens (tertiary/aromatic N) is 2. The van der Waals surface area contributed by atoms with E-state index in [2.05, 4.69) is 53.9 Å². The number of aliphatic imine (C=N–C) groups is 2. The molecule has 0 aromatic carbocycles. The summed E-state index contributed by atoms with van der Waals surface area (Å²) in [6, 6.07) is 8.75. The van der Waals surface area contributed by atoms with Crippen LogP contribution in [0.15, 0.2) is 45.0 Å². The fourth-order valence-electron chi connectivity index (χ4n) is 3.11. The van der Waals surface area contributed by atoms with E-state index >= 15 is 0 Å². The Hall–Kier alpha value is -1.60. The summed E-state index contributed by atoms with van der Waals surface area (Å²) in [5.74, 6) is 0. The second-order valence-electron chi connectivity index (χ2n) is 7.00. The molecule has 0 unspecified atom stereocenters. The van der Waals surface area contributed by atoms with Crippen molar-refractivity contribution in [1.29, 1.82) is 0 Å². The van der Waals surface area contributed by atoms with Crippen molar-refractivity contribution in [3.05, 3.63) is 55.9 Å². The zero-order valence-corrected chi connectivity index (χ0v) is 19.9. The highest BCUT2D eigenvalue weighted by Crippen LogP contribution is 2.41. The third-order valence-corrected chi connectivity index (χ3v) is 8.74. The monoisotopic (exact) mass is 456 g/mol. The Morgan fingerprint density at radius 2 is 1.48 bits per heavy atom. The standard InChI is InChI=1S/C23H24N2S4/c1-3-4-5-6-7-17-9-11-27-21(17)15-25-23-13-19-18(29-23)12-22(28-19)24-14-20-16(2)8-10-26-20/h8-15H,3-7H2,1-2H3/b24-14+,25-15+. The van der Waals surface area contributed by atoms with Crippen molar-refractivity contribution in [2.24, 2.45) is 9.98 Å². The zero-order valence-electron chi connectivity index (χ0n) is 16.7. The van der Waals surface area contributed by atoms with Gasteiger partial charge in [0.15, 0.2) is 0 Å². The van der Waals surface area contributed by atoms with Crippen LogP contribution in [0.5, 0.6) is 0 Å². The first kappa shape index (κ1) is 20.7. The van der Waals surface area contributed by atoms with Gasteiger partial charge in [-0.25, -0.2) is 9.98 Å². The average molecular weight is 457 g/mol. The van der Waals surface area contributed by atoms with Gasteiger partial charge in [0.05, 0.1) is 0 Å². The summed E-state index contributed by atoms with van der Waals surface area (Å²) in [5, 5.41) is 6.42. The Labute approximate surface area is 188 Å². The van der Waals surface area contributed by atoms with Gasteiger partial charge in [0.1, 0.15) is 10.0 Å². The second-order valence-corrected chi connectivity index (χ2v) is 11.0. The summed E-state index contributed by atoms with van der Waals surface area (Å²) in [6.45, 7) is 4.38. The van der Waals surface area contributed by atoms with Crippen LogP contribution in [0.2, 0.25) is 0 Å². The number of fused-ring (bicyclic) bond motifs is 1. The van der Waals surface area contributed by atoms with Gasteiger partial charge in [0.25, 0.3) is 0 Å². The normalized spacial score (nSPS) is 12.2. The summed E-state index contributed by atoms with van der Waals surface area (Å²) < 4.78 is 2.53. The quantitative estimate of drug-likeness (QED) is 0.177. The summed E-state index contributed by atoms with van der Waals surface area (Å²) >= 11 is 7.00. The molecule has 0 fully saturated rings. The van der Waals surface area contributed by atoms with Gasteiger partial charge in [-0.2, -0.15) is 0 Å². The zero-order chi connectivity index (χ0) is 20.1. The minimum Gasteiger partial charge on any atom is -0.244 e. The van der Waals surface area contributed by atoms with Gasteiger partial charge in [-0.15, -0.1) is 45.3 Å². The Balaban J connectivity index is 1.42. The number of rotatable bonds is 9. The average Bonchev–Trinajstić information content (AvgIpc) is 3.46. The first-order valence-electron chi connectivity index (χ1n) is 9.95. The van der Waals surface area contributed by atoms with Gasteiger partial charge in [0.2, 0.25) is 0 Å². The Morgan fingerprint density at radius 3 is 2.14 bits per heavy atom. The van der Waals surface area contributed by atoms with Crippen molar-refractivity contribution in [3.63, 3.8) is 0 Å². The summed E-state index contributed by atoms with van der Waals surface area (Å²) in [6.07, 6.45) is 10.4. The molecule has 29 heavy (non-hydrogen) atoms. The summed E-state index contributed by atoms with van der Waals surface area (Å²) in [4.78, 5) is 12.0. The van der Waals surface area contributed by atoms with Crippen molar-refractivity contribution in [2.45, 2.75) is 46.0 Å². The molecule has 0 spiro atoms. The lowest BCUT2D eigenvalue weighted by molar-refractivity contribution is 0.667. The molecule has 0 aliphatic heterocycles. The molecule has 0 saturated heterocycles. The molecule has 0 saturated carbocycles. The number of thiophene rings is 4. The molecule has 4 rings (SSSR count). The minimum absolute atomic E-state index is 1.06. The van der Waals surface area contributed by atoms with Crippen LogP contribution in [-0.2, 0) is 6.42 Å². The van der Waals surface area contributed by atoms with Crippen LogP contribution in [0.3, 0.4) is 0 Å². The molecule has 0 radical (unpaired) electrons. The highest BCUT2D eigenvalue weighted by atomic mass is 32.1. The van der Waals surface area contributed by atoms with Gasteiger partial charge in [0, 0.05) is 31.6 Å². The fraction of sp³-hybridized carbons (Fsp3) is 0.304. The van der Waals surface area contributed by atoms with E-state index in [1.165, 1.54) is 56.0 Å². The van der Waals surface area contributed by atoms with Crippen molar-refractivity contribution in [1.82, 2.24) is 0 Å². The smallest absolute Gasteiger partial charge is 0.118 e. The van der Waals surface area contributed by atoms with Crippen molar-refractivity contribution in [3.8, 4) is 0 Å². The van der Waals surface area contributed by atoms with E-state index < -0.39 is 0 Å². The van der Waals surface area contributed by atoms with Gasteiger partial charge in [-0.05, 0) is 65.9 Å². The van der Waals surface area contributed by atoms with Crippen molar-refractivity contribution >= 4 is 77.2 Å². The molecular weight excluding hydrogens is 433 g/mol. The van der Waals surface area contributed by atoms with Crippen LogP contribution >= 0.6 is 45.3 Å². The molecule has 2 nitrogen and oxygen atoms in total. The molecule has 0 N–H and O–H groups in total. The van der Waals surface area contributed by atoms with Crippen molar-refractivity contribution in [2.75, 3.05) is 0 Å². The van der Waals surface area contributed by atoms with Crippen LogP contribution < -0.4 is 0 Å². The number of unbranched alkanes of at least 4 members (excludes halogenated alkanes) is 3. The van der Waals surface area contributed by atoms with E-state index in [1.807, 2.05) is 12.4 Å². The van der Waals surface area contributed by atoms with E-state index in [0.717, 1.165) is 16.4 Å². The summed E-state index contributed by atoms with van der Waals surface area (Å²) in [7, 11) is 0. The summed E-state index contributed by atoms with van der Waals surface area (Å²) in [5.41, 5.74) is 2.72. The molecule has 150 valence electrons. The number of aryl methyl sites for hydroxylation is 2. The van der Waals surface area contributed by atoms with Crippen LogP contribution in [0, 0.1) is 6.92 Å². The van der Waals surface area contributed by atoms with Crippen molar-refractivity contribution < 1.29 is 0 Å². The highest BCUT2D eigenvalue weighted by Gasteiger charge is 2.07. The topological polar surface area (TPSA) is 24.7 Å². The minimum atomic E-state index is 1.06. The van der Waals surface area contributed by atoms with Gasteiger partial charge < -0.3 is 0 Å². The lowest BCUT2D eigenvalue weighted by atomic mass is 10.1. The molecular formula is C23H24N2S4. The maximum absolute atomic E-state index is 4.76. The molecule has 0 aliphatic rings. The molecule has 4 heterocycles. The van der Waals surface area contributed by atoms with Crippen LogP contribution in [0.4, 0.5) is 10.0 Å². The molecule has 6 heteroatoms. The third-order valence-electron chi connectivity index (χ3n) is 4.78. The maximum Gasteiger partial charge on any atom is 0.118 e. The SMILES string of the molecule is CCCCCCc1ccsc1/C=N/c1cc2sc(/N=C/c3sccc3C)cc2s1. The molecule has 0 aliphatic carbocycles. The van der Waals surface area contributed by atoms with Gasteiger partial charge in [-0.1, -0.05) is 26.2 Å². The lowest BCUT2D eigenvalue weighted by Gasteiger charge is -1.99. The third kappa shape index (κ3) is 5.31.